The number of phenols is 2. The Morgan fingerprint density at radius 2 is 1.81 bits per heavy atom. The Hall–Kier alpha value is -2.62. The zero-order valence-electron chi connectivity index (χ0n) is 11.4. The van der Waals surface area contributed by atoms with Crippen molar-refractivity contribution in [1.82, 2.24) is 0 Å². The smallest absolute Gasteiger partial charge is 0.165 e. The molecule has 108 valence electrons. The summed E-state index contributed by atoms with van der Waals surface area (Å²) in [5.74, 6) is -2.45. The zero-order valence-corrected chi connectivity index (χ0v) is 11.4. The molecule has 2 nitrogen and oxygen atoms in total. The van der Waals surface area contributed by atoms with Crippen molar-refractivity contribution < 1.29 is 19.0 Å². The van der Waals surface area contributed by atoms with Crippen LogP contribution in [0.3, 0.4) is 0 Å². The number of hydrogen-bond acceptors (Lipinski definition) is 2. The Morgan fingerprint density at radius 1 is 1.10 bits per heavy atom. The molecule has 0 amide bonds. The lowest BCUT2D eigenvalue weighted by atomic mass is 9.94. The van der Waals surface area contributed by atoms with E-state index in [0.29, 0.717) is 16.7 Å². The van der Waals surface area contributed by atoms with Crippen molar-refractivity contribution in [2.75, 3.05) is 0 Å². The molecule has 4 heteroatoms. The van der Waals surface area contributed by atoms with Crippen LogP contribution in [0.5, 0.6) is 11.5 Å². The molecule has 0 bridgehead atoms. The van der Waals surface area contributed by atoms with Gasteiger partial charge >= 0.3 is 0 Å². The second kappa shape index (κ2) is 5.79. The Kier molecular flexibility index (Phi) is 4.08. The molecule has 0 heterocycles. The monoisotopic (exact) mass is 288 g/mol. The predicted molar refractivity (Wildman–Crippen MR) is 79.0 cm³/mol. The summed E-state index contributed by atoms with van der Waals surface area (Å²) < 4.78 is 26.9. The van der Waals surface area contributed by atoms with Gasteiger partial charge in [0, 0.05) is 5.56 Å². The lowest BCUT2D eigenvalue weighted by molar-refractivity contribution is 0.431. The van der Waals surface area contributed by atoms with Gasteiger partial charge in [-0.1, -0.05) is 30.9 Å². The van der Waals surface area contributed by atoms with Gasteiger partial charge in [0.05, 0.1) is 0 Å². The Labute approximate surface area is 121 Å². The van der Waals surface area contributed by atoms with Crippen LogP contribution >= 0.6 is 0 Å². The second-order valence-electron chi connectivity index (χ2n) is 4.50. The molecule has 2 aromatic carbocycles. The molecule has 0 aromatic heterocycles. The largest absolute Gasteiger partial charge is 0.505 e. The van der Waals surface area contributed by atoms with E-state index in [1.54, 1.807) is 19.1 Å². The van der Waals surface area contributed by atoms with E-state index in [4.69, 9.17) is 0 Å². The fourth-order valence-corrected chi connectivity index (χ4v) is 2.03. The summed E-state index contributed by atoms with van der Waals surface area (Å²) in [6, 6.07) is 6.45. The standard InChI is InChI=1S/C17H14F2O2/c1-3-4-13-12(6-7-14(18)17(13)21)10(2)11-5-8-16(20)15(19)9-11/h3-9,20-21H,2H2,1H3/b4-3-. The van der Waals surface area contributed by atoms with Crippen LogP contribution in [-0.4, -0.2) is 10.2 Å². The van der Waals surface area contributed by atoms with Crippen molar-refractivity contribution in [3.05, 3.63) is 71.3 Å². The van der Waals surface area contributed by atoms with Gasteiger partial charge in [0.1, 0.15) is 0 Å². The molecule has 0 aliphatic carbocycles. The molecule has 2 aromatic rings. The average molecular weight is 288 g/mol. The molecule has 0 radical (unpaired) electrons. The molecule has 0 saturated carbocycles. The SMILES string of the molecule is C=C(c1ccc(O)c(F)c1)c1ccc(F)c(O)c1/C=C\C. The summed E-state index contributed by atoms with van der Waals surface area (Å²) in [5, 5.41) is 19.0. The predicted octanol–water partition coefficient (Wildman–Crippen LogP) is 4.47. The van der Waals surface area contributed by atoms with Crippen molar-refractivity contribution in [2.45, 2.75) is 6.92 Å². The maximum atomic E-state index is 13.5. The number of phenolic OH excluding ortho intramolecular Hbond substituents is 2. The molecule has 0 aliphatic rings. The fourth-order valence-electron chi connectivity index (χ4n) is 2.03. The van der Waals surface area contributed by atoms with Crippen LogP contribution in [0, 0.1) is 11.6 Å². The normalized spacial score (nSPS) is 11.0. The summed E-state index contributed by atoms with van der Waals surface area (Å²) in [6.07, 6.45) is 3.21. The van der Waals surface area contributed by atoms with E-state index in [0.717, 1.165) is 12.1 Å². The minimum Gasteiger partial charge on any atom is -0.505 e. The van der Waals surface area contributed by atoms with Gasteiger partial charge in [-0.3, -0.25) is 0 Å². The molecule has 21 heavy (non-hydrogen) atoms. The van der Waals surface area contributed by atoms with E-state index < -0.39 is 23.1 Å². The molecule has 2 N–H and O–H groups in total. The maximum Gasteiger partial charge on any atom is 0.165 e. The Bertz CT molecular complexity index is 734. The van der Waals surface area contributed by atoms with E-state index >= 15 is 0 Å². The first-order valence-electron chi connectivity index (χ1n) is 6.28. The summed E-state index contributed by atoms with van der Waals surface area (Å²) in [7, 11) is 0. The van der Waals surface area contributed by atoms with Gasteiger partial charge in [-0.2, -0.15) is 0 Å². The van der Waals surface area contributed by atoms with Gasteiger partial charge in [-0.15, -0.1) is 0 Å². The average Bonchev–Trinajstić information content (AvgIpc) is 2.46. The van der Waals surface area contributed by atoms with Crippen molar-refractivity contribution in [2.24, 2.45) is 0 Å². The topological polar surface area (TPSA) is 40.5 Å². The molecular weight excluding hydrogens is 274 g/mol. The highest BCUT2D eigenvalue weighted by atomic mass is 19.1. The van der Waals surface area contributed by atoms with Crippen LogP contribution in [0.15, 0.2) is 43.0 Å². The first-order valence-corrected chi connectivity index (χ1v) is 6.28. The molecule has 0 atom stereocenters. The van der Waals surface area contributed by atoms with Crippen LogP contribution in [-0.2, 0) is 0 Å². The third-order valence-corrected chi connectivity index (χ3v) is 3.12. The van der Waals surface area contributed by atoms with Gasteiger partial charge in [0.15, 0.2) is 23.1 Å². The molecule has 0 aliphatic heterocycles. The highest BCUT2D eigenvalue weighted by Crippen LogP contribution is 2.34. The molecule has 2 rings (SSSR count). The molecule has 0 saturated heterocycles. The van der Waals surface area contributed by atoms with Crippen LogP contribution in [0.1, 0.15) is 23.6 Å². The summed E-state index contributed by atoms with van der Waals surface area (Å²) in [6.45, 7) is 5.60. The van der Waals surface area contributed by atoms with Gasteiger partial charge in [0.2, 0.25) is 0 Å². The quantitative estimate of drug-likeness (QED) is 0.874. The van der Waals surface area contributed by atoms with Crippen LogP contribution in [0.2, 0.25) is 0 Å². The van der Waals surface area contributed by atoms with E-state index in [2.05, 4.69) is 6.58 Å². The first-order chi connectivity index (χ1) is 9.95. The number of halogens is 2. The van der Waals surface area contributed by atoms with Crippen LogP contribution in [0.25, 0.3) is 11.6 Å². The van der Waals surface area contributed by atoms with Crippen molar-refractivity contribution in [3.8, 4) is 11.5 Å². The summed E-state index contributed by atoms with van der Waals surface area (Å²) in [4.78, 5) is 0. The van der Waals surface area contributed by atoms with E-state index in [9.17, 15) is 19.0 Å². The fraction of sp³-hybridized carbons (Fsp3) is 0.0588. The van der Waals surface area contributed by atoms with Crippen LogP contribution in [0.4, 0.5) is 8.78 Å². The number of allylic oxidation sites excluding steroid dienone is 1. The van der Waals surface area contributed by atoms with Gasteiger partial charge in [-0.05, 0) is 41.8 Å². The number of aromatic hydroxyl groups is 2. The van der Waals surface area contributed by atoms with Gasteiger partial charge in [0.25, 0.3) is 0 Å². The molecule has 0 unspecified atom stereocenters. The van der Waals surface area contributed by atoms with Gasteiger partial charge < -0.3 is 10.2 Å². The van der Waals surface area contributed by atoms with Gasteiger partial charge in [-0.25, -0.2) is 8.78 Å². The summed E-state index contributed by atoms with van der Waals surface area (Å²) in [5.41, 5.74) is 1.60. The first kappa shape index (κ1) is 14.8. The van der Waals surface area contributed by atoms with E-state index in [-0.39, 0.29) is 5.56 Å². The second-order valence-corrected chi connectivity index (χ2v) is 4.50. The molecule has 0 fully saturated rings. The number of hydrogen-bond donors (Lipinski definition) is 2. The van der Waals surface area contributed by atoms with Crippen molar-refractivity contribution in [1.29, 1.82) is 0 Å². The van der Waals surface area contributed by atoms with Crippen molar-refractivity contribution >= 4 is 11.6 Å². The molecule has 0 spiro atoms. The lowest BCUT2D eigenvalue weighted by Gasteiger charge is -2.12. The third kappa shape index (κ3) is 2.79. The van der Waals surface area contributed by atoms with Crippen molar-refractivity contribution in [3.63, 3.8) is 0 Å². The summed E-state index contributed by atoms with van der Waals surface area (Å²) >= 11 is 0. The third-order valence-electron chi connectivity index (χ3n) is 3.12. The Morgan fingerprint density at radius 3 is 2.43 bits per heavy atom. The Balaban J connectivity index is 2.57. The molecular formula is C17H14F2O2. The number of rotatable bonds is 3. The minimum atomic E-state index is -0.771. The van der Waals surface area contributed by atoms with E-state index in [1.807, 2.05) is 0 Å². The minimum absolute atomic E-state index is 0.274. The van der Waals surface area contributed by atoms with Crippen LogP contribution < -0.4 is 0 Å². The lowest BCUT2D eigenvalue weighted by Crippen LogP contribution is -1.94. The maximum absolute atomic E-state index is 13.5. The highest BCUT2D eigenvalue weighted by molar-refractivity contribution is 5.84. The van der Waals surface area contributed by atoms with E-state index in [1.165, 1.54) is 18.2 Å². The highest BCUT2D eigenvalue weighted by Gasteiger charge is 2.14. The number of benzene rings is 2. The zero-order chi connectivity index (χ0) is 15.6.